The summed E-state index contributed by atoms with van der Waals surface area (Å²) >= 11 is 0. The number of hydrogen-bond acceptors (Lipinski definition) is 6. The molecule has 0 aliphatic heterocycles. The summed E-state index contributed by atoms with van der Waals surface area (Å²) in [5.41, 5.74) is 2.94. The SMILES string of the molecule is COc1cc2c(=O)n(Cc3cn4ccc(C)cc4n3)cnc2c(OC)c1OC. The van der Waals surface area contributed by atoms with Gasteiger partial charge in [-0.15, -0.1) is 0 Å². The molecule has 0 N–H and O–H groups in total. The van der Waals surface area contributed by atoms with Gasteiger partial charge in [0.2, 0.25) is 5.75 Å². The first-order valence-electron chi connectivity index (χ1n) is 8.68. The number of rotatable bonds is 5. The van der Waals surface area contributed by atoms with Crippen LogP contribution in [0.5, 0.6) is 17.2 Å². The van der Waals surface area contributed by atoms with Crippen LogP contribution in [-0.4, -0.2) is 40.3 Å². The fourth-order valence-electron chi connectivity index (χ4n) is 3.27. The van der Waals surface area contributed by atoms with Crippen LogP contribution in [0.3, 0.4) is 0 Å². The van der Waals surface area contributed by atoms with Crippen molar-refractivity contribution in [1.29, 1.82) is 0 Å². The Kier molecular flexibility index (Phi) is 4.38. The summed E-state index contributed by atoms with van der Waals surface area (Å²) in [6.45, 7) is 2.32. The van der Waals surface area contributed by atoms with Gasteiger partial charge in [-0.25, -0.2) is 9.97 Å². The molecule has 0 bridgehead atoms. The summed E-state index contributed by atoms with van der Waals surface area (Å²) in [5, 5.41) is 0.386. The van der Waals surface area contributed by atoms with Gasteiger partial charge in [0.25, 0.3) is 5.56 Å². The lowest BCUT2D eigenvalue weighted by atomic mass is 10.2. The monoisotopic (exact) mass is 380 g/mol. The average Bonchev–Trinajstić information content (AvgIpc) is 3.10. The lowest BCUT2D eigenvalue weighted by molar-refractivity contribution is 0.326. The number of aryl methyl sites for hydroxylation is 1. The second kappa shape index (κ2) is 6.88. The van der Waals surface area contributed by atoms with Crippen molar-refractivity contribution in [3.63, 3.8) is 0 Å². The molecule has 0 saturated carbocycles. The van der Waals surface area contributed by atoms with Gasteiger partial charge in [-0.05, 0) is 30.7 Å². The molecule has 0 aliphatic rings. The highest BCUT2D eigenvalue weighted by molar-refractivity contribution is 5.89. The quantitative estimate of drug-likeness (QED) is 0.529. The first-order valence-corrected chi connectivity index (χ1v) is 8.68. The second-order valence-corrected chi connectivity index (χ2v) is 6.42. The van der Waals surface area contributed by atoms with Crippen molar-refractivity contribution in [3.8, 4) is 17.2 Å². The maximum absolute atomic E-state index is 13.1. The molecule has 8 heteroatoms. The van der Waals surface area contributed by atoms with Crippen LogP contribution >= 0.6 is 0 Å². The molecule has 0 atom stereocenters. The van der Waals surface area contributed by atoms with E-state index in [1.54, 1.807) is 6.07 Å². The van der Waals surface area contributed by atoms with Crippen LogP contribution in [0.2, 0.25) is 0 Å². The summed E-state index contributed by atoms with van der Waals surface area (Å²) < 4.78 is 19.6. The third kappa shape index (κ3) is 2.83. The average molecular weight is 380 g/mol. The number of benzene rings is 1. The Labute approximate surface area is 160 Å². The summed E-state index contributed by atoms with van der Waals surface area (Å²) in [6, 6.07) is 5.62. The third-order valence-corrected chi connectivity index (χ3v) is 4.62. The molecule has 8 nitrogen and oxygen atoms in total. The molecule has 0 saturated heterocycles. The molecule has 28 heavy (non-hydrogen) atoms. The van der Waals surface area contributed by atoms with Crippen molar-refractivity contribution in [2.75, 3.05) is 21.3 Å². The van der Waals surface area contributed by atoms with Gasteiger partial charge >= 0.3 is 0 Å². The molecule has 3 aromatic heterocycles. The van der Waals surface area contributed by atoms with E-state index in [4.69, 9.17) is 14.2 Å². The van der Waals surface area contributed by atoms with Crippen LogP contribution in [0.15, 0.2) is 41.7 Å². The Morgan fingerprint density at radius 3 is 2.57 bits per heavy atom. The Bertz CT molecular complexity index is 1240. The number of ether oxygens (including phenoxy) is 3. The summed E-state index contributed by atoms with van der Waals surface area (Å²) in [7, 11) is 4.53. The molecule has 0 radical (unpaired) electrons. The zero-order chi connectivity index (χ0) is 19.8. The maximum atomic E-state index is 13.1. The van der Waals surface area contributed by atoms with E-state index in [-0.39, 0.29) is 5.56 Å². The number of hydrogen-bond donors (Lipinski definition) is 0. The highest BCUT2D eigenvalue weighted by Crippen LogP contribution is 2.41. The minimum atomic E-state index is -0.211. The minimum Gasteiger partial charge on any atom is -0.493 e. The number of imidazole rings is 1. The van der Waals surface area contributed by atoms with Gasteiger partial charge in [-0.1, -0.05) is 0 Å². The molecule has 4 rings (SSSR count). The van der Waals surface area contributed by atoms with Gasteiger partial charge in [0.15, 0.2) is 11.5 Å². The highest BCUT2D eigenvalue weighted by atomic mass is 16.5. The van der Waals surface area contributed by atoms with E-state index >= 15 is 0 Å². The molecule has 3 heterocycles. The first kappa shape index (κ1) is 17.8. The van der Waals surface area contributed by atoms with Gasteiger partial charge < -0.3 is 18.6 Å². The van der Waals surface area contributed by atoms with E-state index in [2.05, 4.69) is 9.97 Å². The summed E-state index contributed by atoms with van der Waals surface area (Å²) in [4.78, 5) is 22.1. The fraction of sp³-hybridized carbons (Fsp3) is 0.250. The van der Waals surface area contributed by atoms with Crippen LogP contribution in [0.1, 0.15) is 11.3 Å². The zero-order valence-corrected chi connectivity index (χ0v) is 16.1. The highest BCUT2D eigenvalue weighted by Gasteiger charge is 2.19. The van der Waals surface area contributed by atoms with Crippen LogP contribution in [0.4, 0.5) is 0 Å². The fourth-order valence-corrected chi connectivity index (χ4v) is 3.27. The number of methoxy groups -OCH3 is 3. The first-order chi connectivity index (χ1) is 13.5. The number of fused-ring (bicyclic) bond motifs is 2. The smallest absolute Gasteiger partial charge is 0.261 e. The van der Waals surface area contributed by atoms with E-state index in [9.17, 15) is 4.79 Å². The lowest BCUT2D eigenvalue weighted by Gasteiger charge is -2.14. The van der Waals surface area contributed by atoms with Crippen molar-refractivity contribution in [3.05, 3.63) is 58.5 Å². The molecule has 144 valence electrons. The second-order valence-electron chi connectivity index (χ2n) is 6.42. The van der Waals surface area contributed by atoms with E-state index in [1.807, 2.05) is 35.9 Å². The third-order valence-electron chi connectivity index (χ3n) is 4.62. The van der Waals surface area contributed by atoms with Crippen molar-refractivity contribution in [1.82, 2.24) is 18.9 Å². The minimum absolute atomic E-state index is 0.211. The van der Waals surface area contributed by atoms with Gasteiger partial charge in [-0.3, -0.25) is 9.36 Å². The van der Waals surface area contributed by atoms with E-state index in [0.717, 1.165) is 16.9 Å². The van der Waals surface area contributed by atoms with Gasteiger partial charge in [0, 0.05) is 12.4 Å². The molecule has 0 amide bonds. The number of aromatic nitrogens is 4. The van der Waals surface area contributed by atoms with Crippen LogP contribution in [-0.2, 0) is 6.54 Å². The Balaban J connectivity index is 1.83. The molecular weight excluding hydrogens is 360 g/mol. The molecule has 1 aromatic carbocycles. The van der Waals surface area contributed by atoms with E-state index in [0.29, 0.717) is 34.7 Å². The van der Waals surface area contributed by atoms with E-state index in [1.165, 1.54) is 32.2 Å². The largest absolute Gasteiger partial charge is 0.493 e. The topological polar surface area (TPSA) is 79.9 Å². The molecule has 0 aliphatic carbocycles. The van der Waals surface area contributed by atoms with E-state index < -0.39 is 0 Å². The molecule has 0 unspecified atom stereocenters. The van der Waals surface area contributed by atoms with Crippen LogP contribution < -0.4 is 19.8 Å². The van der Waals surface area contributed by atoms with Gasteiger partial charge in [0.1, 0.15) is 11.2 Å². The maximum Gasteiger partial charge on any atom is 0.261 e. The lowest BCUT2D eigenvalue weighted by Crippen LogP contribution is -2.21. The Hall–Kier alpha value is -3.55. The predicted molar refractivity (Wildman–Crippen MR) is 105 cm³/mol. The number of nitrogens with zero attached hydrogens (tertiary/aromatic N) is 4. The number of pyridine rings is 1. The predicted octanol–water partition coefficient (Wildman–Crippen LogP) is 2.43. The van der Waals surface area contributed by atoms with Gasteiger partial charge in [0.05, 0.1) is 45.3 Å². The Morgan fingerprint density at radius 2 is 1.86 bits per heavy atom. The van der Waals surface area contributed by atoms with Crippen molar-refractivity contribution >= 4 is 16.6 Å². The summed E-state index contributed by atoms with van der Waals surface area (Å²) in [5.74, 6) is 1.17. The van der Waals surface area contributed by atoms with Crippen molar-refractivity contribution in [2.24, 2.45) is 0 Å². The van der Waals surface area contributed by atoms with Crippen LogP contribution in [0, 0.1) is 6.92 Å². The molecule has 4 aromatic rings. The normalized spacial score (nSPS) is 11.1. The molecule has 0 fully saturated rings. The van der Waals surface area contributed by atoms with Gasteiger partial charge in [-0.2, -0.15) is 0 Å². The van der Waals surface area contributed by atoms with Crippen molar-refractivity contribution in [2.45, 2.75) is 13.5 Å². The molecular formula is C20H20N4O4. The standard InChI is InChI=1S/C20H20N4O4/c1-12-5-6-23-9-13(22-16(23)7-12)10-24-11-21-17-14(20(24)25)8-15(26-2)18(27-3)19(17)28-4/h5-9,11H,10H2,1-4H3. The van der Waals surface area contributed by atoms with Crippen molar-refractivity contribution < 1.29 is 14.2 Å². The zero-order valence-electron chi connectivity index (χ0n) is 16.1. The Morgan fingerprint density at radius 1 is 1.07 bits per heavy atom. The molecule has 0 spiro atoms. The summed E-state index contributed by atoms with van der Waals surface area (Å²) in [6.07, 6.45) is 5.35. The van der Waals surface area contributed by atoms with Crippen LogP contribution in [0.25, 0.3) is 16.6 Å².